The van der Waals surface area contributed by atoms with Gasteiger partial charge in [0.2, 0.25) is 5.91 Å². The van der Waals surface area contributed by atoms with Crippen molar-refractivity contribution in [3.8, 4) is 17.3 Å². The Morgan fingerprint density at radius 2 is 2.12 bits per heavy atom. The molecule has 8 nitrogen and oxygen atoms in total. The van der Waals surface area contributed by atoms with Crippen molar-refractivity contribution in [3.63, 3.8) is 0 Å². The van der Waals surface area contributed by atoms with Gasteiger partial charge in [0.05, 0.1) is 36.1 Å². The number of fused-ring (bicyclic) bond motifs is 4. The highest BCUT2D eigenvalue weighted by Crippen LogP contribution is 2.37. The lowest BCUT2D eigenvalue weighted by molar-refractivity contribution is -0.119. The van der Waals surface area contributed by atoms with E-state index < -0.39 is 24.3 Å². The Bertz CT molecular complexity index is 1100. The van der Waals surface area contributed by atoms with Gasteiger partial charge < -0.3 is 15.4 Å². The molecule has 0 unspecified atom stereocenters. The second kappa shape index (κ2) is 10.2. The molecule has 2 heterocycles. The maximum atomic E-state index is 13.9. The summed E-state index contributed by atoms with van der Waals surface area (Å²) in [7, 11) is 0. The molecular weight excluding hydrogens is 444 g/mol. The number of rotatable bonds is 3. The fraction of sp³-hybridized carbons (Fsp3) is 0.500. The molecule has 2 aromatic rings. The first kappa shape index (κ1) is 25.1. The third kappa shape index (κ3) is 5.90. The molecule has 0 fully saturated rings. The van der Waals surface area contributed by atoms with Crippen LogP contribution in [0.5, 0.6) is 0 Å². The van der Waals surface area contributed by atoms with Crippen LogP contribution in [0.25, 0.3) is 11.3 Å². The maximum absolute atomic E-state index is 13.9. The summed E-state index contributed by atoms with van der Waals surface area (Å²) in [6, 6.07) is 6.70. The van der Waals surface area contributed by atoms with Gasteiger partial charge in [0, 0.05) is 11.5 Å². The Morgan fingerprint density at radius 1 is 1.38 bits per heavy atom. The number of hydrogen-bond acceptors (Lipinski definition) is 5. The number of benzene rings is 1. The fourth-order valence-corrected chi connectivity index (χ4v) is 3.93. The van der Waals surface area contributed by atoms with Crippen molar-refractivity contribution in [1.29, 1.82) is 5.26 Å². The van der Waals surface area contributed by atoms with Crippen molar-refractivity contribution in [1.82, 2.24) is 15.1 Å². The Morgan fingerprint density at radius 3 is 2.76 bits per heavy atom. The summed E-state index contributed by atoms with van der Waals surface area (Å²) < 4.78 is 33.6. The maximum Gasteiger partial charge on any atom is 0.408 e. The number of anilines is 1. The molecule has 182 valence electrons. The fourth-order valence-electron chi connectivity index (χ4n) is 3.93. The Hall–Kier alpha value is -3.48. The molecule has 0 saturated carbocycles. The molecule has 3 rings (SSSR count). The molecule has 2 N–H and O–H groups in total. The molecule has 1 aliphatic heterocycles. The molecule has 2 atom stereocenters. The van der Waals surface area contributed by atoms with Crippen molar-refractivity contribution < 1.29 is 23.1 Å². The molecule has 1 aromatic carbocycles. The lowest BCUT2D eigenvalue weighted by Gasteiger charge is -2.25. The zero-order valence-electron chi connectivity index (χ0n) is 19.7. The molecular formula is C24H29F2N5O3. The predicted molar refractivity (Wildman–Crippen MR) is 122 cm³/mol. The average molecular weight is 474 g/mol. The first-order valence-corrected chi connectivity index (χ1v) is 11.2. The van der Waals surface area contributed by atoms with Crippen LogP contribution < -0.4 is 10.6 Å². The third-order valence-corrected chi connectivity index (χ3v) is 5.57. The van der Waals surface area contributed by atoms with Gasteiger partial charge in [0.25, 0.3) is 0 Å². The summed E-state index contributed by atoms with van der Waals surface area (Å²) in [4.78, 5) is 25.3. The molecule has 0 aliphatic carbocycles. The number of halogens is 2. The van der Waals surface area contributed by atoms with Crippen LogP contribution in [0.1, 0.15) is 70.7 Å². The number of carbonyl (C=O) groups is 2. The first-order valence-electron chi connectivity index (χ1n) is 11.2. The van der Waals surface area contributed by atoms with Gasteiger partial charge in [0.1, 0.15) is 5.60 Å². The molecule has 2 amide bonds. The van der Waals surface area contributed by atoms with Crippen molar-refractivity contribution in [3.05, 3.63) is 35.5 Å². The van der Waals surface area contributed by atoms with Crippen LogP contribution >= 0.6 is 0 Å². The van der Waals surface area contributed by atoms with Gasteiger partial charge in [0.15, 0.2) is 0 Å². The number of nitrogens with one attached hydrogen (secondary N) is 2. The SMILES string of the molecule is C[C@@H]1CCC[C@H](NC(=O)OC(C)(C)C)c2ccc(CC#N)c(c2)-c2c(cnn2C(F)F)NC1=O. The highest BCUT2D eigenvalue weighted by atomic mass is 19.3. The average Bonchev–Trinajstić information content (AvgIpc) is 3.15. The molecule has 1 aromatic heterocycles. The number of ether oxygens (including phenoxy) is 1. The van der Waals surface area contributed by atoms with E-state index >= 15 is 0 Å². The summed E-state index contributed by atoms with van der Waals surface area (Å²) >= 11 is 0. The third-order valence-electron chi connectivity index (χ3n) is 5.57. The van der Waals surface area contributed by atoms with E-state index in [-0.39, 0.29) is 29.6 Å². The summed E-state index contributed by atoms with van der Waals surface area (Å²) in [5, 5.41) is 18.7. The minimum atomic E-state index is -2.96. The molecule has 1 aliphatic rings. The highest BCUT2D eigenvalue weighted by Gasteiger charge is 2.27. The zero-order chi connectivity index (χ0) is 25.0. The smallest absolute Gasteiger partial charge is 0.408 e. The lowest BCUT2D eigenvalue weighted by Crippen LogP contribution is -2.35. The van der Waals surface area contributed by atoms with Crippen LogP contribution in [0, 0.1) is 17.2 Å². The van der Waals surface area contributed by atoms with E-state index in [9.17, 15) is 23.6 Å². The van der Waals surface area contributed by atoms with Crippen LogP contribution in [-0.2, 0) is 16.0 Å². The number of amides is 2. The number of alkyl halides is 2. The van der Waals surface area contributed by atoms with E-state index in [1.165, 1.54) is 6.20 Å². The molecule has 0 spiro atoms. The first-order chi connectivity index (χ1) is 16.0. The second-order valence-electron chi connectivity index (χ2n) is 9.40. The van der Waals surface area contributed by atoms with Crippen LogP contribution in [0.2, 0.25) is 0 Å². The van der Waals surface area contributed by atoms with Crippen LogP contribution in [-0.4, -0.2) is 27.4 Å². The summed E-state index contributed by atoms with van der Waals surface area (Å²) in [6.07, 6.45) is 2.24. The monoisotopic (exact) mass is 473 g/mol. The van der Waals surface area contributed by atoms with E-state index in [0.29, 0.717) is 40.6 Å². The number of nitrogens with zero attached hydrogens (tertiary/aromatic N) is 3. The topological polar surface area (TPSA) is 109 Å². The molecule has 0 radical (unpaired) electrons. The molecule has 0 saturated heterocycles. The van der Waals surface area contributed by atoms with Gasteiger partial charge in [-0.1, -0.05) is 25.5 Å². The van der Waals surface area contributed by atoms with Crippen LogP contribution in [0.4, 0.5) is 19.3 Å². The van der Waals surface area contributed by atoms with E-state index in [4.69, 9.17) is 4.74 Å². The lowest BCUT2D eigenvalue weighted by atomic mass is 9.91. The van der Waals surface area contributed by atoms with Crippen molar-refractivity contribution in [2.45, 2.75) is 71.6 Å². The molecule has 10 heteroatoms. The quantitative estimate of drug-likeness (QED) is 0.626. The van der Waals surface area contributed by atoms with Gasteiger partial charge in [-0.05, 0) is 50.8 Å². The Kier molecular flexibility index (Phi) is 7.54. The van der Waals surface area contributed by atoms with E-state index in [0.717, 1.165) is 0 Å². The molecule has 2 bridgehead atoms. The summed E-state index contributed by atoms with van der Waals surface area (Å²) in [5.41, 5.74) is 0.990. The Labute approximate surface area is 197 Å². The number of nitriles is 1. The zero-order valence-corrected chi connectivity index (χ0v) is 19.7. The van der Waals surface area contributed by atoms with E-state index in [2.05, 4.69) is 21.8 Å². The normalized spacial score (nSPS) is 18.7. The largest absolute Gasteiger partial charge is 0.444 e. The number of aromatic nitrogens is 2. The van der Waals surface area contributed by atoms with Crippen molar-refractivity contribution in [2.75, 3.05) is 5.32 Å². The molecule has 34 heavy (non-hydrogen) atoms. The number of hydrogen-bond donors (Lipinski definition) is 2. The van der Waals surface area contributed by atoms with Gasteiger partial charge >= 0.3 is 12.6 Å². The van der Waals surface area contributed by atoms with Gasteiger partial charge in [-0.3, -0.25) is 4.79 Å². The summed E-state index contributed by atoms with van der Waals surface area (Å²) in [6.45, 7) is 4.08. The van der Waals surface area contributed by atoms with Crippen molar-refractivity contribution in [2.24, 2.45) is 5.92 Å². The van der Waals surface area contributed by atoms with Gasteiger partial charge in [-0.2, -0.15) is 19.1 Å². The standard InChI is InChI=1S/C24H29F2N5O3/c1-14-6-5-7-18(30-23(33)34-24(2,3)4)16-9-8-15(10-11-27)17(12-16)20-19(29-21(14)32)13-28-31(20)22(25)26/h8-9,12-14,18,22H,5-7,10H2,1-4H3,(H,29,32)(H,30,33)/t14-,18+/m1/s1. The second-order valence-corrected chi connectivity index (χ2v) is 9.40. The predicted octanol–water partition coefficient (Wildman–Crippen LogP) is 5.34. The van der Waals surface area contributed by atoms with E-state index in [1.54, 1.807) is 45.9 Å². The highest BCUT2D eigenvalue weighted by molar-refractivity contribution is 5.96. The number of alkyl carbamates (subject to hydrolysis) is 1. The Balaban J connectivity index is 2.16. The van der Waals surface area contributed by atoms with Gasteiger partial charge in [-0.15, -0.1) is 0 Å². The minimum absolute atomic E-state index is 0.0132. The summed E-state index contributed by atoms with van der Waals surface area (Å²) in [5.74, 6) is -0.702. The van der Waals surface area contributed by atoms with Crippen LogP contribution in [0.15, 0.2) is 24.4 Å². The van der Waals surface area contributed by atoms with Crippen LogP contribution in [0.3, 0.4) is 0 Å². The van der Waals surface area contributed by atoms with E-state index in [1.807, 2.05) is 0 Å². The minimum Gasteiger partial charge on any atom is -0.444 e. The number of carbonyl (C=O) groups excluding carboxylic acids is 2. The van der Waals surface area contributed by atoms with Crippen molar-refractivity contribution >= 4 is 17.7 Å². The van der Waals surface area contributed by atoms with Gasteiger partial charge in [-0.25, -0.2) is 9.48 Å².